The van der Waals surface area contributed by atoms with E-state index in [0.717, 1.165) is 37.1 Å². The zero-order chi connectivity index (χ0) is 22.0. The molecule has 1 aromatic heterocycles. The number of hydrogen-bond acceptors (Lipinski definition) is 4. The molecule has 0 unspecified atom stereocenters. The second kappa shape index (κ2) is 10.8. The third kappa shape index (κ3) is 5.53. The van der Waals surface area contributed by atoms with Crippen LogP contribution in [0.25, 0.3) is 10.9 Å². The van der Waals surface area contributed by atoms with E-state index in [9.17, 15) is 13.6 Å². The average Bonchev–Trinajstić information content (AvgIpc) is 3.11. The Morgan fingerprint density at radius 2 is 1.81 bits per heavy atom. The van der Waals surface area contributed by atoms with Gasteiger partial charge in [0, 0.05) is 56.2 Å². The summed E-state index contributed by atoms with van der Waals surface area (Å²) in [6.45, 7) is 8.54. The first kappa shape index (κ1) is 24.7. The second-order valence-corrected chi connectivity index (χ2v) is 8.74. The van der Waals surface area contributed by atoms with Crippen molar-refractivity contribution in [2.24, 2.45) is 0 Å². The number of carbonyl (C=O) groups excluding carboxylic acids is 1. The maximum Gasteiger partial charge on any atom is 0.270 e. The molecule has 0 atom stereocenters. The van der Waals surface area contributed by atoms with Crippen molar-refractivity contribution in [1.82, 2.24) is 19.7 Å². The molecule has 1 aromatic carbocycles. The Kier molecular flexibility index (Phi) is 8.36. The lowest BCUT2D eigenvalue weighted by atomic mass is 10.1. The van der Waals surface area contributed by atoms with Crippen molar-refractivity contribution in [2.45, 2.75) is 51.8 Å². The molecule has 32 heavy (non-hydrogen) atoms. The van der Waals surface area contributed by atoms with Crippen LogP contribution in [0.2, 0.25) is 0 Å². The van der Waals surface area contributed by atoms with Crippen LogP contribution in [-0.2, 0) is 6.54 Å². The number of nitrogens with one attached hydrogen (secondary N) is 1. The van der Waals surface area contributed by atoms with E-state index >= 15 is 0 Å². The normalized spacial score (nSPS) is 18.4. The minimum absolute atomic E-state index is 0. The van der Waals surface area contributed by atoms with Crippen molar-refractivity contribution in [1.29, 1.82) is 0 Å². The minimum Gasteiger partial charge on any atom is -0.490 e. The van der Waals surface area contributed by atoms with Crippen LogP contribution < -0.4 is 10.1 Å². The molecule has 2 aliphatic rings. The lowest BCUT2D eigenvalue weighted by Crippen LogP contribution is -2.46. The van der Waals surface area contributed by atoms with Crippen LogP contribution in [0.4, 0.5) is 8.78 Å². The molecule has 6 nitrogen and oxygen atoms in total. The Morgan fingerprint density at radius 1 is 1.12 bits per heavy atom. The van der Waals surface area contributed by atoms with Crippen LogP contribution in [0.5, 0.6) is 5.75 Å². The topological polar surface area (TPSA) is 49.7 Å². The van der Waals surface area contributed by atoms with Gasteiger partial charge in [-0.2, -0.15) is 0 Å². The van der Waals surface area contributed by atoms with Crippen molar-refractivity contribution in [2.75, 3.05) is 39.3 Å². The molecule has 3 heterocycles. The molecular weight excluding hydrogens is 438 g/mol. The van der Waals surface area contributed by atoms with E-state index in [-0.39, 0.29) is 24.4 Å². The van der Waals surface area contributed by atoms with E-state index in [2.05, 4.69) is 24.1 Å². The standard InChI is InChI=1S/C23H32F2N4O2.ClH/c1-16(2)27-9-5-18(6-10-27)31-19-3-4-20-17(13-19)14-21(29(20)15-22(24)25)23(30)28-11-7-26-8-12-28;/h3-4,13-14,16,18,22,26H,5-12,15H2,1-2H3;1H. The van der Waals surface area contributed by atoms with E-state index in [0.29, 0.717) is 43.4 Å². The lowest BCUT2D eigenvalue weighted by molar-refractivity contribution is 0.0716. The maximum atomic E-state index is 13.3. The van der Waals surface area contributed by atoms with E-state index in [4.69, 9.17) is 4.74 Å². The number of benzene rings is 1. The molecule has 9 heteroatoms. The van der Waals surface area contributed by atoms with Crippen molar-refractivity contribution in [3.63, 3.8) is 0 Å². The molecule has 178 valence electrons. The van der Waals surface area contributed by atoms with Gasteiger partial charge in [-0.05, 0) is 51.0 Å². The molecular formula is C23H33ClF2N4O2. The van der Waals surface area contributed by atoms with Gasteiger partial charge in [0.15, 0.2) is 0 Å². The average molecular weight is 471 g/mol. The number of ether oxygens (including phenoxy) is 1. The molecule has 2 aromatic rings. The maximum absolute atomic E-state index is 13.3. The largest absolute Gasteiger partial charge is 0.490 e. The summed E-state index contributed by atoms with van der Waals surface area (Å²) in [7, 11) is 0. The first-order chi connectivity index (χ1) is 14.9. The number of piperazine rings is 1. The number of aromatic nitrogens is 1. The van der Waals surface area contributed by atoms with Gasteiger partial charge in [0.1, 0.15) is 17.5 Å². The Hall–Kier alpha value is -1.90. The van der Waals surface area contributed by atoms with E-state index in [1.165, 1.54) is 4.57 Å². The van der Waals surface area contributed by atoms with Gasteiger partial charge in [-0.1, -0.05) is 0 Å². The molecule has 1 amide bonds. The first-order valence-corrected chi connectivity index (χ1v) is 11.2. The van der Waals surface area contributed by atoms with Crippen LogP contribution in [0.15, 0.2) is 24.3 Å². The fraction of sp³-hybridized carbons (Fsp3) is 0.609. The van der Waals surface area contributed by atoms with Gasteiger partial charge in [0.25, 0.3) is 12.3 Å². The number of halogens is 3. The van der Waals surface area contributed by atoms with Crippen molar-refractivity contribution in [3.05, 3.63) is 30.0 Å². The third-order valence-corrected chi connectivity index (χ3v) is 6.33. The summed E-state index contributed by atoms with van der Waals surface area (Å²) >= 11 is 0. The molecule has 1 N–H and O–H groups in total. The van der Waals surface area contributed by atoms with Gasteiger partial charge in [0.05, 0.1) is 6.54 Å². The van der Waals surface area contributed by atoms with Gasteiger partial charge in [-0.15, -0.1) is 12.4 Å². The smallest absolute Gasteiger partial charge is 0.270 e. The summed E-state index contributed by atoms with van der Waals surface area (Å²) in [4.78, 5) is 17.2. The second-order valence-electron chi connectivity index (χ2n) is 8.74. The highest BCUT2D eigenvalue weighted by Gasteiger charge is 2.25. The Bertz CT molecular complexity index is 907. The van der Waals surface area contributed by atoms with Gasteiger partial charge in [0.2, 0.25) is 0 Å². The number of amides is 1. The number of likely N-dealkylation sites (tertiary alicyclic amines) is 1. The number of fused-ring (bicyclic) bond motifs is 1. The molecule has 2 fully saturated rings. The van der Waals surface area contributed by atoms with Crippen molar-refractivity contribution >= 4 is 29.2 Å². The van der Waals surface area contributed by atoms with Crippen LogP contribution in [0, 0.1) is 0 Å². The fourth-order valence-corrected chi connectivity index (χ4v) is 4.57. The quantitative estimate of drug-likeness (QED) is 0.700. The molecule has 0 aliphatic carbocycles. The number of piperidine rings is 1. The highest BCUT2D eigenvalue weighted by atomic mass is 35.5. The van der Waals surface area contributed by atoms with Crippen LogP contribution >= 0.6 is 12.4 Å². The minimum atomic E-state index is -2.53. The summed E-state index contributed by atoms with van der Waals surface area (Å²) in [6, 6.07) is 7.78. The molecule has 0 saturated carbocycles. The van der Waals surface area contributed by atoms with Crippen molar-refractivity contribution in [3.8, 4) is 5.75 Å². The Morgan fingerprint density at radius 3 is 2.44 bits per heavy atom. The van der Waals surface area contributed by atoms with Gasteiger partial charge in [-0.3, -0.25) is 4.79 Å². The van der Waals surface area contributed by atoms with Crippen LogP contribution in [-0.4, -0.2) is 78.1 Å². The third-order valence-electron chi connectivity index (χ3n) is 6.33. The van der Waals surface area contributed by atoms with Crippen LogP contribution in [0.1, 0.15) is 37.2 Å². The summed E-state index contributed by atoms with van der Waals surface area (Å²) in [5.74, 6) is 0.535. The molecule has 0 radical (unpaired) electrons. The number of rotatable bonds is 6. The number of alkyl halides is 2. The highest BCUT2D eigenvalue weighted by Crippen LogP contribution is 2.28. The predicted octanol–water partition coefficient (Wildman–Crippen LogP) is 3.63. The number of carbonyl (C=O) groups is 1. The lowest BCUT2D eigenvalue weighted by Gasteiger charge is -2.34. The van der Waals surface area contributed by atoms with Crippen molar-refractivity contribution < 1.29 is 18.3 Å². The van der Waals surface area contributed by atoms with E-state index in [1.807, 2.05) is 12.1 Å². The van der Waals surface area contributed by atoms with E-state index < -0.39 is 13.0 Å². The highest BCUT2D eigenvalue weighted by molar-refractivity contribution is 5.99. The summed E-state index contributed by atoms with van der Waals surface area (Å²) in [6.07, 6.45) is -0.449. The monoisotopic (exact) mass is 470 g/mol. The molecule has 4 rings (SSSR count). The SMILES string of the molecule is CC(C)N1CCC(Oc2ccc3c(c2)cc(C(=O)N2CCNCC2)n3CC(F)F)CC1.Cl. The van der Waals surface area contributed by atoms with Gasteiger partial charge in [-0.25, -0.2) is 8.78 Å². The molecule has 0 spiro atoms. The fourth-order valence-electron chi connectivity index (χ4n) is 4.57. The zero-order valence-electron chi connectivity index (χ0n) is 18.7. The zero-order valence-corrected chi connectivity index (χ0v) is 19.5. The Balaban J connectivity index is 0.00000289. The van der Waals surface area contributed by atoms with Gasteiger partial charge < -0.3 is 24.4 Å². The number of hydrogen-bond donors (Lipinski definition) is 1. The summed E-state index contributed by atoms with van der Waals surface area (Å²) < 4.78 is 34.3. The summed E-state index contributed by atoms with van der Waals surface area (Å²) in [5.41, 5.74) is 0.959. The molecule has 2 saturated heterocycles. The summed E-state index contributed by atoms with van der Waals surface area (Å²) in [5, 5.41) is 3.97. The van der Waals surface area contributed by atoms with E-state index in [1.54, 1.807) is 17.0 Å². The molecule has 0 bridgehead atoms. The van der Waals surface area contributed by atoms with Crippen LogP contribution in [0.3, 0.4) is 0 Å². The Labute approximate surface area is 194 Å². The predicted molar refractivity (Wildman–Crippen MR) is 124 cm³/mol. The number of nitrogens with zero attached hydrogens (tertiary/aromatic N) is 3. The first-order valence-electron chi connectivity index (χ1n) is 11.2. The molecule has 2 aliphatic heterocycles. The van der Waals surface area contributed by atoms with Gasteiger partial charge >= 0.3 is 0 Å².